The van der Waals surface area contributed by atoms with Gasteiger partial charge in [0.05, 0.1) is 0 Å². The third kappa shape index (κ3) is 37.1. The van der Waals surface area contributed by atoms with Gasteiger partial charge in [-0.3, -0.25) is 9.59 Å². The Kier molecular flexibility index (Phi) is 37.0. The van der Waals surface area contributed by atoms with Gasteiger partial charge in [0.2, 0.25) is 0 Å². The van der Waals surface area contributed by atoms with E-state index in [0.717, 1.165) is 38.5 Å². The third-order valence-electron chi connectivity index (χ3n) is 9.49. The lowest BCUT2D eigenvalue weighted by Gasteiger charge is -2.18. The van der Waals surface area contributed by atoms with Gasteiger partial charge in [0, 0.05) is 12.8 Å². The van der Waals surface area contributed by atoms with Gasteiger partial charge >= 0.3 is 11.9 Å². The summed E-state index contributed by atoms with van der Waals surface area (Å²) < 4.78 is 6.02. The minimum atomic E-state index is -0.671. The average molecular weight is 649 g/mol. The fraction of sp³-hybridized carbons (Fsp3) is 0.905. The molecule has 1 atom stereocenters. The van der Waals surface area contributed by atoms with Crippen LogP contribution in [0.5, 0.6) is 0 Å². The van der Waals surface area contributed by atoms with Gasteiger partial charge < -0.3 is 9.84 Å². The monoisotopic (exact) mass is 649 g/mol. The number of esters is 1. The zero-order chi connectivity index (χ0) is 33.6. The fourth-order valence-electron chi connectivity index (χ4n) is 6.42. The van der Waals surface area contributed by atoms with E-state index in [4.69, 9.17) is 9.84 Å². The van der Waals surface area contributed by atoms with Crippen molar-refractivity contribution < 1.29 is 19.4 Å². The Bertz CT molecular complexity index is 658. The van der Waals surface area contributed by atoms with Crippen LogP contribution >= 0.6 is 0 Å². The van der Waals surface area contributed by atoms with Crippen LogP contribution in [0.2, 0.25) is 0 Å². The molecule has 0 spiro atoms. The van der Waals surface area contributed by atoms with Gasteiger partial charge in [0.1, 0.15) is 6.10 Å². The Morgan fingerprint density at radius 1 is 0.457 bits per heavy atom. The lowest BCUT2D eigenvalue weighted by Crippen LogP contribution is -2.18. The van der Waals surface area contributed by atoms with Crippen molar-refractivity contribution in [2.24, 2.45) is 0 Å². The van der Waals surface area contributed by atoms with Gasteiger partial charge in [0.15, 0.2) is 0 Å². The number of carbonyl (C=O) groups is 2. The van der Waals surface area contributed by atoms with Crippen LogP contribution in [0.15, 0.2) is 12.2 Å². The Labute approximate surface area is 287 Å². The molecule has 0 rings (SSSR count). The summed E-state index contributed by atoms with van der Waals surface area (Å²) in [5.74, 6) is -0.634. The first kappa shape index (κ1) is 44.7. The number of rotatable bonds is 38. The maximum absolute atomic E-state index is 12.6. The highest BCUT2D eigenvalue weighted by Crippen LogP contribution is 2.19. The van der Waals surface area contributed by atoms with Crippen molar-refractivity contribution in [3.05, 3.63) is 12.2 Å². The summed E-state index contributed by atoms with van der Waals surface area (Å²) in [5, 5.41) is 8.70. The maximum Gasteiger partial charge on any atom is 0.306 e. The van der Waals surface area contributed by atoms with Crippen molar-refractivity contribution in [3.63, 3.8) is 0 Å². The SMILES string of the molecule is CCCCCCCC/C=C\CCCCCCCCCC(=O)OC(CCCCCCC)CCCCCCCCCCCCCC(=O)O. The van der Waals surface area contributed by atoms with Crippen molar-refractivity contribution >= 4 is 11.9 Å². The number of carbonyl (C=O) groups excluding carboxylic acids is 1. The summed E-state index contributed by atoms with van der Waals surface area (Å²) in [6.45, 7) is 4.54. The van der Waals surface area contributed by atoms with Crippen LogP contribution in [0.4, 0.5) is 0 Å². The van der Waals surface area contributed by atoms with E-state index in [9.17, 15) is 9.59 Å². The summed E-state index contributed by atoms with van der Waals surface area (Å²) in [6.07, 6.45) is 46.8. The molecule has 0 amide bonds. The molecule has 1 unspecified atom stereocenters. The Hall–Kier alpha value is -1.32. The maximum atomic E-state index is 12.6. The quantitative estimate of drug-likeness (QED) is 0.0411. The lowest BCUT2D eigenvalue weighted by atomic mass is 10.0. The van der Waals surface area contributed by atoms with Gasteiger partial charge in [-0.05, 0) is 64.2 Å². The summed E-state index contributed by atoms with van der Waals surface area (Å²) in [4.78, 5) is 23.2. The second kappa shape index (κ2) is 38.1. The van der Waals surface area contributed by atoms with Gasteiger partial charge in [0.25, 0.3) is 0 Å². The molecule has 0 aromatic heterocycles. The van der Waals surface area contributed by atoms with E-state index >= 15 is 0 Å². The molecule has 0 aliphatic heterocycles. The first-order chi connectivity index (χ1) is 22.6. The highest BCUT2D eigenvalue weighted by Gasteiger charge is 2.14. The number of ether oxygens (including phenoxy) is 1. The zero-order valence-corrected chi connectivity index (χ0v) is 31.2. The number of aliphatic carboxylic acids is 1. The van der Waals surface area contributed by atoms with E-state index in [1.54, 1.807) is 0 Å². The van der Waals surface area contributed by atoms with E-state index in [1.807, 2.05) is 0 Å². The number of allylic oxidation sites excluding steroid dienone is 2. The van der Waals surface area contributed by atoms with Crippen LogP contribution < -0.4 is 0 Å². The molecular formula is C42H80O4. The number of hydrogen-bond acceptors (Lipinski definition) is 3. The molecule has 0 bridgehead atoms. The number of carboxylic acid groups (broad SMARTS) is 1. The Morgan fingerprint density at radius 2 is 0.783 bits per heavy atom. The van der Waals surface area contributed by atoms with Crippen molar-refractivity contribution in [2.45, 2.75) is 245 Å². The van der Waals surface area contributed by atoms with Gasteiger partial charge in [-0.2, -0.15) is 0 Å². The standard InChI is InChI=1S/C42H80O4/c1-3-5-7-9-10-11-12-13-14-15-16-17-21-24-27-31-35-39-42(45)46-40(36-32-28-8-6-4-2)37-33-29-25-22-19-18-20-23-26-30-34-38-41(43)44/h13-14,40H,3-12,15-39H2,1-2H3,(H,43,44)/b14-13-. The highest BCUT2D eigenvalue weighted by molar-refractivity contribution is 5.69. The van der Waals surface area contributed by atoms with Crippen molar-refractivity contribution in [2.75, 3.05) is 0 Å². The van der Waals surface area contributed by atoms with E-state index in [-0.39, 0.29) is 12.1 Å². The van der Waals surface area contributed by atoms with Crippen LogP contribution in [-0.2, 0) is 14.3 Å². The third-order valence-corrected chi connectivity index (χ3v) is 9.49. The summed E-state index contributed by atoms with van der Waals surface area (Å²) >= 11 is 0. The van der Waals surface area contributed by atoms with E-state index in [1.165, 1.54) is 173 Å². The number of unbranched alkanes of at least 4 members (excludes halogenated alkanes) is 27. The van der Waals surface area contributed by atoms with Gasteiger partial charge in [-0.25, -0.2) is 0 Å². The predicted octanol–water partition coefficient (Wildman–Crippen LogP) is 14.2. The van der Waals surface area contributed by atoms with E-state index in [0.29, 0.717) is 12.8 Å². The van der Waals surface area contributed by atoms with Crippen LogP contribution in [0.25, 0.3) is 0 Å². The van der Waals surface area contributed by atoms with Crippen LogP contribution in [-0.4, -0.2) is 23.1 Å². The minimum absolute atomic E-state index is 0.0364. The number of hydrogen-bond donors (Lipinski definition) is 1. The molecule has 272 valence electrons. The van der Waals surface area contributed by atoms with Gasteiger partial charge in [-0.1, -0.05) is 174 Å². The molecule has 0 aromatic carbocycles. The predicted molar refractivity (Wildman–Crippen MR) is 200 cm³/mol. The molecule has 0 aliphatic carbocycles. The number of carboxylic acids is 1. The summed E-state index contributed by atoms with van der Waals surface area (Å²) in [5.41, 5.74) is 0. The molecular weight excluding hydrogens is 568 g/mol. The summed E-state index contributed by atoms with van der Waals surface area (Å²) in [6, 6.07) is 0. The molecule has 1 N–H and O–H groups in total. The van der Waals surface area contributed by atoms with Crippen molar-refractivity contribution in [3.8, 4) is 0 Å². The summed E-state index contributed by atoms with van der Waals surface area (Å²) in [7, 11) is 0. The normalized spacial score (nSPS) is 12.2. The molecule has 46 heavy (non-hydrogen) atoms. The van der Waals surface area contributed by atoms with Crippen molar-refractivity contribution in [1.29, 1.82) is 0 Å². The van der Waals surface area contributed by atoms with Crippen molar-refractivity contribution in [1.82, 2.24) is 0 Å². The molecule has 0 heterocycles. The second-order valence-corrected chi connectivity index (χ2v) is 14.2. The zero-order valence-electron chi connectivity index (χ0n) is 31.2. The van der Waals surface area contributed by atoms with Crippen LogP contribution in [0.1, 0.15) is 239 Å². The fourth-order valence-corrected chi connectivity index (χ4v) is 6.42. The minimum Gasteiger partial charge on any atom is -0.481 e. The second-order valence-electron chi connectivity index (χ2n) is 14.2. The highest BCUT2D eigenvalue weighted by atomic mass is 16.5. The van der Waals surface area contributed by atoms with Gasteiger partial charge in [-0.15, -0.1) is 0 Å². The first-order valence-corrected chi connectivity index (χ1v) is 20.7. The molecule has 0 aromatic rings. The van der Waals surface area contributed by atoms with Crippen LogP contribution in [0.3, 0.4) is 0 Å². The Balaban J connectivity index is 3.84. The largest absolute Gasteiger partial charge is 0.481 e. The molecule has 0 fully saturated rings. The molecule has 4 heteroatoms. The van der Waals surface area contributed by atoms with E-state index < -0.39 is 5.97 Å². The molecule has 0 aliphatic rings. The lowest BCUT2D eigenvalue weighted by molar-refractivity contribution is -0.150. The molecule has 0 saturated heterocycles. The molecule has 0 radical (unpaired) electrons. The van der Waals surface area contributed by atoms with E-state index in [2.05, 4.69) is 26.0 Å². The molecule has 0 saturated carbocycles. The van der Waals surface area contributed by atoms with Crippen LogP contribution in [0, 0.1) is 0 Å². The first-order valence-electron chi connectivity index (χ1n) is 20.7. The average Bonchev–Trinajstić information content (AvgIpc) is 3.04. The topological polar surface area (TPSA) is 63.6 Å². The molecule has 4 nitrogen and oxygen atoms in total. The smallest absolute Gasteiger partial charge is 0.306 e. The Morgan fingerprint density at radius 3 is 1.17 bits per heavy atom.